The van der Waals surface area contributed by atoms with Crippen molar-refractivity contribution in [2.75, 3.05) is 13.2 Å². The third-order valence-electron chi connectivity index (χ3n) is 1.62. The molecule has 72 valence electrons. The molecule has 4 heteroatoms. The van der Waals surface area contributed by atoms with Crippen LogP contribution in [-0.4, -0.2) is 29.7 Å². The van der Waals surface area contributed by atoms with E-state index < -0.39 is 5.38 Å². The maximum Gasteiger partial charge on any atom is 0.308 e. The van der Waals surface area contributed by atoms with Crippen LogP contribution >= 0.6 is 11.6 Å². The van der Waals surface area contributed by atoms with E-state index in [9.17, 15) is 4.79 Å². The zero-order valence-corrected chi connectivity index (χ0v) is 8.17. The van der Waals surface area contributed by atoms with Gasteiger partial charge >= 0.3 is 5.97 Å². The van der Waals surface area contributed by atoms with Crippen LogP contribution in [0.5, 0.6) is 0 Å². The van der Waals surface area contributed by atoms with Crippen LogP contribution in [0.1, 0.15) is 20.3 Å². The first-order valence-corrected chi connectivity index (χ1v) is 4.47. The summed E-state index contributed by atoms with van der Waals surface area (Å²) in [4.78, 5) is 11.0. The number of aliphatic hydroxyl groups is 1. The topological polar surface area (TPSA) is 46.5 Å². The Morgan fingerprint density at radius 1 is 1.67 bits per heavy atom. The van der Waals surface area contributed by atoms with Crippen molar-refractivity contribution in [3.8, 4) is 0 Å². The summed E-state index contributed by atoms with van der Waals surface area (Å²) in [6.07, 6.45) is 0.755. The highest BCUT2D eigenvalue weighted by atomic mass is 35.5. The van der Waals surface area contributed by atoms with Crippen LogP contribution in [0, 0.1) is 5.92 Å². The number of rotatable bonds is 5. The highest BCUT2D eigenvalue weighted by Crippen LogP contribution is 2.04. The maximum atomic E-state index is 11.0. The third kappa shape index (κ3) is 4.57. The standard InChI is InChI=1S/C8H15ClO3/c1-3-6(2)8(11)12-5-7(9)4-10/h6-7,10H,3-5H2,1-2H3. The second-order valence-electron chi connectivity index (χ2n) is 2.72. The number of carbonyl (C=O) groups is 1. The van der Waals surface area contributed by atoms with Crippen molar-refractivity contribution in [3.63, 3.8) is 0 Å². The van der Waals surface area contributed by atoms with Crippen LogP contribution in [-0.2, 0) is 9.53 Å². The van der Waals surface area contributed by atoms with E-state index in [2.05, 4.69) is 0 Å². The van der Waals surface area contributed by atoms with Gasteiger partial charge < -0.3 is 9.84 Å². The maximum absolute atomic E-state index is 11.0. The quantitative estimate of drug-likeness (QED) is 0.528. The molecule has 0 amide bonds. The van der Waals surface area contributed by atoms with Gasteiger partial charge in [-0.05, 0) is 6.42 Å². The Bertz CT molecular complexity index is 138. The Balaban J connectivity index is 3.56. The number of halogens is 1. The van der Waals surface area contributed by atoms with Crippen LogP contribution in [0.4, 0.5) is 0 Å². The average molecular weight is 195 g/mol. The van der Waals surface area contributed by atoms with E-state index in [1.165, 1.54) is 0 Å². The van der Waals surface area contributed by atoms with Crippen LogP contribution in [0.2, 0.25) is 0 Å². The molecule has 2 unspecified atom stereocenters. The zero-order valence-electron chi connectivity index (χ0n) is 7.42. The van der Waals surface area contributed by atoms with Gasteiger partial charge in [-0.25, -0.2) is 0 Å². The molecule has 0 saturated carbocycles. The van der Waals surface area contributed by atoms with E-state index in [1.807, 2.05) is 6.92 Å². The summed E-state index contributed by atoms with van der Waals surface area (Å²) in [6, 6.07) is 0. The normalized spacial score (nSPS) is 15.3. The largest absolute Gasteiger partial charge is 0.464 e. The van der Waals surface area contributed by atoms with Gasteiger partial charge in [0.25, 0.3) is 0 Å². The van der Waals surface area contributed by atoms with Gasteiger partial charge in [-0.1, -0.05) is 13.8 Å². The Labute approximate surface area is 77.7 Å². The van der Waals surface area contributed by atoms with Gasteiger partial charge in [0.1, 0.15) is 6.61 Å². The summed E-state index contributed by atoms with van der Waals surface area (Å²) >= 11 is 5.53. The predicted molar refractivity (Wildman–Crippen MR) is 47.1 cm³/mol. The molecule has 0 bridgehead atoms. The molecule has 0 heterocycles. The van der Waals surface area contributed by atoms with Gasteiger partial charge in [0.05, 0.1) is 17.9 Å². The Kier molecular flexibility index (Phi) is 6.11. The molecule has 12 heavy (non-hydrogen) atoms. The number of aliphatic hydroxyl groups excluding tert-OH is 1. The van der Waals surface area contributed by atoms with Crippen LogP contribution in [0.3, 0.4) is 0 Å². The molecule has 3 nitrogen and oxygen atoms in total. The first kappa shape index (κ1) is 11.7. The highest BCUT2D eigenvalue weighted by molar-refractivity contribution is 6.20. The first-order valence-electron chi connectivity index (χ1n) is 4.03. The summed E-state index contributed by atoms with van der Waals surface area (Å²) in [5, 5.41) is 8.03. The summed E-state index contributed by atoms with van der Waals surface area (Å²) in [5.41, 5.74) is 0. The molecule has 0 aromatic heterocycles. The number of hydrogen-bond donors (Lipinski definition) is 1. The lowest BCUT2D eigenvalue weighted by molar-refractivity contribution is -0.148. The van der Waals surface area contributed by atoms with Crippen molar-refractivity contribution in [2.45, 2.75) is 25.6 Å². The molecule has 0 saturated heterocycles. The Morgan fingerprint density at radius 3 is 2.67 bits per heavy atom. The number of ether oxygens (including phenoxy) is 1. The number of carbonyl (C=O) groups excluding carboxylic acids is 1. The minimum Gasteiger partial charge on any atom is -0.464 e. The average Bonchev–Trinajstić information content (AvgIpc) is 2.11. The molecule has 2 atom stereocenters. The Hall–Kier alpha value is -0.280. The van der Waals surface area contributed by atoms with Crippen LogP contribution in [0.25, 0.3) is 0 Å². The fourth-order valence-electron chi connectivity index (χ4n) is 0.534. The molecule has 0 aliphatic heterocycles. The van der Waals surface area contributed by atoms with Gasteiger partial charge in [0.15, 0.2) is 0 Å². The lowest BCUT2D eigenvalue weighted by Gasteiger charge is -2.10. The van der Waals surface area contributed by atoms with Crippen LogP contribution in [0.15, 0.2) is 0 Å². The number of alkyl halides is 1. The molecule has 0 aromatic carbocycles. The Morgan fingerprint density at radius 2 is 2.25 bits per heavy atom. The minimum atomic E-state index is -0.488. The van der Waals surface area contributed by atoms with Crippen molar-refractivity contribution < 1.29 is 14.6 Å². The molecule has 0 fully saturated rings. The molecule has 0 spiro atoms. The van der Waals surface area contributed by atoms with Gasteiger partial charge in [-0.3, -0.25) is 4.79 Å². The summed E-state index contributed by atoms with van der Waals surface area (Å²) in [5.74, 6) is -0.343. The number of esters is 1. The second kappa shape index (κ2) is 6.26. The summed E-state index contributed by atoms with van der Waals surface area (Å²) in [6.45, 7) is 3.62. The zero-order chi connectivity index (χ0) is 9.56. The molecule has 0 aromatic rings. The van der Waals surface area contributed by atoms with E-state index in [4.69, 9.17) is 21.4 Å². The fourth-order valence-corrected chi connectivity index (χ4v) is 0.597. The predicted octanol–water partition coefficient (Wildman–Crippen LogP) is 1.18. The molecular formula is C8H15ClO3. The summed E-state index contributed by atoms with van der Waals surface area (Å²) in [7, 11) is 0. The van der Waals surface area contributed by atoms with E-state index >= 15 is 0 Å². The lowest BCUT2D eigenvalue weighted by atomic mass is 10.1. The van der Waals surface area contributed by atoms with Gasteiger partial charge in [-0.2, -0.15) is 0 Å². The van der Waals surface area contributed by atoms with E-state index in [0.717, 1.165) is 6.42 Å². The molecule has 1 N–H and O–H groups in total. The third-order valence-corrected chi connectivity index (χ3v) is 1.88. The van der Waals surface area contributed by atoms with Crippen molar-refractivity contribution in [1.29, 1.82) is 0 Å². The second-order valence-corrected chi connectivity index (χ2v) is 3.34. The molecule has 0 radical (unpaired) electrons. The SMILES string of the molecule is CCC(C)C(=O)OCC(Cl)CO. The monoisotopic (exact) mass is 194 g/mol. The summed E-state index contributed by atoms with van der Waals surface area (Å²) < 4.78 is 4.82. The fraction of sp³-hybridized carbons (Fsp3) is 0.875. The molecule has 0 aliphatic carbocycles. The molecule has 0 rings (SSSR count). The van der Waals surface area contributed by atoms with E-state index in [1.54, 1.807) is 6.92 Å². The highest BCUT2D eigenvalue weighted by Gasteiger charge is 2.13. The van der Waals surface area contributed by atoms with Crippen molar-refractivity contribution >= 4 is 17.6 Å². The van der Waals surface area contributed by atoms with Crippen molar-refractivity contribution in [3.05, 3.63) is 0 Å². The molecular weight excluding hydrogens is 180 g/mol. The van der Waals surface area contributed by atoms with Gasteiger partial charge in [0.2, 0.25) is 0 Å². The van der Waals surface area contributed by atoms with Crippen LogP contribution < -0.4 is 0 Å². The minimum absolute atomic E-state index is 0.0846. The van der Waals surface area contributed by atoms with E-state index in [0.29, 0.717) is 0 Å². The first-order chi connectivity index (χ1) is 5.61. The van der Waals surface area contributed by atoms with Gasteiger partial charge in [-0.15, -0.1) is 11.6 Å². The van der Waals surface area contributed by atoms with Gasteiger partial charge in [0, 0.05) is 0 Å². The van der Waals surface area contributed by atoms with Crippen molar-refractivity contribution in [2.24, 2.45) is 5.92 Å². The lowest BCUT2D eigenvalue weighted by Crippen LogP contribution is -2.21. The number of hydrogen-bond acceptors (Lipinski definition) is 3. The van der Waals surface area contributed by atoms with Crippen molar-refractivity contribution in [1.82, 2.24) is 0 Å². The molecule has 0 aliphatic rings. The smallest absolute Gasteiger partial charge is 0.308 e. The van der Waals surface area contributed by atoms with E-state index in [-0.39, 0.29) is 25.1 Å².